The van der Waals surface area contributed by atoms with E-state index >= 15 is 0 Å². The molecule has 0 unspecified atom stereocenters. The predicted octanol–water partition coefficient (Wildman–Crippen LogP) is 3.75. The fourth-order valence-electron chi connectivity index (χ4n) is 1.84. The molecule has 0 saturated heterocycles. The number of hydrogen-bond donors (Lipinski definition) is 1. The van der Waals surface area contributed by atoms with Gasteiger partial charge in [0.2, 0.25) is 0 Å². The molecule has 0 amide bonds. The van der Waals surface area contributed by atoms with Crippen molar-refractivity contribution in [2.75, 3.05) is 0 Å². The van der Waals surface area contributed by atoms with Crippen molar-refractivity contribution in [3.63, 3.8) is 0 Å². The molecule has 1 N–H and O–H groups in total. The molecule has 0 aromatic heterocycles. The number of rotatable bonds is 3. The molecule has 0 atom stereocenters. The molecule has 0 spiro atoms. The summed E-state index contributed by atoms with van der Waals surface area (Å²) in [5.74, 6) is -0.932. The molecule has 18 heavy (non-hydrogen) atoms. The second-order valence-electron chi connectivity index (χ2n) is 4.20. The van der Waals surface area contributed by atoms with Crippen LogP contribution in [0.4, 0.5) is 0 Å². The van der Waals surface area contributed by atoms with E-state index in [2.05, 4.69) is 6.58 Å². The lowest BCUT2D eigenvalue weighted by Crippen LogP contribution is -2.01. The van der Waals surface area contributed by atoms with E-state index in [0.29, 0.717) is 5.56 Å². The van der Waals surface area contributed by atoms with Crippen LogP contribution in [0.1, 0.15) is 27.0 Å². The topological polar surface area (TPSA) is 37.3 Å². The number of carboxylic acids is 1. The molecule has 2 aromatic rings. The number of hydrogen-bond acceptors (Lipinski definition) is 1. The van der Waals surface area contributed by atoms with Gasteiger partial charge in [-0.05, 0) is 29.7 Å². The van der Waals surface area contributed by atoms with Crippen molar-refractivity contribution in [2.45, 2.75) is 6.92 Å². The van der Waals surface area contributed by atoms with Crippen LogP contribution in [0, 0.1) is 6.92 Å². The highest BCUT2D eigenvalue weighted by molar-refractivity contribution is 5.96. The summed E-state index contributed by atoms with van der Waals surface area (Å²) in [6.45, 7) is 6.02. The molecule has 0 fully saturated rings. The van der Waals surface area contributed by atoms with E-state index < -0.39 is 5.97 Å². The van der Waals surface area contributed by atoms with Crippen molar-refractivity contribution in [2.24, 2.45) is 0 Å². The van der Waals surface area contributed by atoms with Crippen molar-refractivity contribution < 1.29 is 9.90 Å². The van der Waals surface area contributed by atoms with Crippen LogP contribution < -0.4 is 0 Å². The lowest BCUT2D eigenvalue weighted by Gasteiger charge is -2.09. The number of carbonyl (C=O) groups is 1. The van der Waals surface area contributed by atoms with Gasteiger partial charge in [-0.15, -0.1) is 0 Å². The Morgan fingerprint density at radius 3 is 2.11 bits per heavy atom. The highest BCUT2D eigenvalue weighted by atomic mass is 16.4. The summed E-state index contributed by atoms with van der Waals surface area (Å²) in [7, 11) is 0. The molecule has 0 aliphatic heterocycles. The average Bonchev–Trinajstić information content (AvgIpc) is 2.39. The summed E-state index contributed by atoms with van der Waals surface area (Å²) in [6.07, 6.45) is 0. The quantitative estimate of drug-likeness (QED) is 0.884. The van der Waals surface area contributed by atoms with Gasteiger partial charge in [0.15, 0.2) is 0 Å². The first-order valence-corrected chi connectivity index (χ1v) is 5.68. The first-order chi connectivity index (χ1) is 8.59. The lowest BCUT2D eigenvalue weighted by atomic mass is 9.95. The van der Waals surface area contributed by atoms with E-state index in [-0.39, 0.29) is 5.56 Å². The fraction of sp³-hybridized carbons (Fsp3) is 0.0625. The predicted molar refractivity (Wildman–Crippen MR) is 72.7 cm³/mol. The van der Waals surface area contributed by atoms with Gasteiger partial charge in [0.05, 0.1) is 5.56 Å². The van der Waals surface area contributed by atoms with E-state index in [1.54, 1.807) is 18.2 Å². The maximum Gasteiger partial charge on any atom is 0.336 e. The summed E-state index contributed by atoms with van der Waals surface area (Å²) >= 11 is 0. The van der Waals surface area contributed by atoms with Crippen LogP contribution in [0.25, 0.3) is 5.57 Å². The van der Waals surface area contributed by atoms with E-state index in [9.17, 15) is 4.79 Å². The summed E-state index contributed by atoms with van der Waals surface area (Å²) in [6, 6.07) is 14.8. The second kappa shape index (κ2) is 4.88. The molecular formula is C16H14O2. The number of benzene rings is 2. The Bertz CT molecular complexity index is 595. The Balaban J connectivity index is 2.46. The lowest BCUT2D eigenvalue weighted by molar-refractivity contribution is 0.0696. The third kappa shape index (κ3) is 2.33. The minimum Gasteiger partial charge on any atom is -0.478 e. The first kappa shape index (κ1) is 12.1. The normalized spacial score (nSPS) is 10.1. The Hall–Kier alpha value is -2.35. The third-order valence-corrected chi connectivity index (χ3v) is 2.88. The van der Waals surface area contributed by atoms with Crippen LogP contribution in [0.2, 0.25) is 0 Å². The molecule has 2 aromatic carbocycles. The van der Waals surface area contributed by atoms with Gasteiger partial charge in [-0.2, -0.15) is 0 Å². The smallest absolute Gasteiger partial charge is 0.336 e. The fourth-order valence-corrected chi connectivity index (χ4v) is 1.84. The zero-order chi connectivity index (χ0) is 13.1. The molecule has 0 aliphatic carbocycles. The SMILES string of the molecule is C=C(c1ccc(C)cc1)c1ccccc1C(=O)O. The summed E-state index contributed by atoms with van der Waals surface area (Å²) < 4.78 is 0. The Kier molecular flexibility index (Phi) is 3.28. The van der Waals surface area contributed by atoms with Crippen LogP contribution in [0.3, 0.4) is 0 Å². The van der Waals surface area contributed by atoms with Crippen molar-refractivity contribution in [1.82, 2.24) is 0 Å². The molecule has 0 bridgehead atoms. The van der Waals surface area contributed by atoms with Crippen LogP contribution in [0.5, 0.6) is 0 Å². The molecule has 0 saturated carbocycles. The average molecular weight is 238 g/mol. The van der Waals surface area contributed by atoms with Crippen molar-refractivity contribution in [3.05, 3.63) is 77.4 Å². The van der Waals surface area contributed by atoms with Crippen LogP contribution in [0.15, 0.2) is 55.1 Å². The molecule has 2 nitrogen and oxygen atoms in total. The number of aromatic carboxylic acids is 1. The van der Waals surface area contributed by atoms with Crippen LogP contribution in [-0.4, -0.2) is 11.1 Å². The number of carboxylic acid groups (broad SMARTS) is 1. The van der Waals surface area contributed by atoms with Crippen LogP contribution >= 0.6 is 0 Å². The zero-order valence-electron chi connectivity index (χ0n) is 10.2. The van der Waals surface area contributed by atoms with Gasteiger partial charge < -0.3 is 5.11 Å². The molecule has 2 rings (SSSR count). The Morgan fingerprint density at radius 2 is 1.56 bits per heavy atom. The maximum atomic E-state index is 11.2. The molecule has 90 valence electrons. The standard InChI is InChI=1S/C16H14O2/c1-11-7-9-13(10-8-11)12(2)14-5-3-4-6-15(14)16(17)18/h3-10H,2H2,1H3,(H,17,18). The first-order valence-electron chi connectivity index (χ1n) is 5.68. The second-order valence-corrected chi connectivity index (χ2v) is 4.20. The molecule has 0 heterocycles. The third-order valence-electron chi connectivity index (χ3n) is 2.88. The molecular weight excluding hydrogens is 224 g/mol. The van der Waals surface area contributed by atoms with Gasteiger partial charge in [0.25, 0.3) is 0 Å². The van der Waals surface area contributed by atoms with Crippen molar-refractivity contribution in [1.29, 1.82) is 0 Å². The van der Waals surface area contributed by atoms with E-state index in [4.69, 9.17) is 5.11 Å². The van der Waals surface area contributed by atoms with Gasteiger partial charge in [0, 0.05) is 0 Å². The van der Waals surface area contributed by atoms with E-state index in [0.717, 1.165) is 16.7 Å². The summed E-state index contributed by atoms with van der Waals surface area (Å²) in [5, 5.41) is 9.16. The van der Waals surface area contributed by atoms with E-state index in [1.807, 2.05) is 37.3 Å². The summed E-state index contributed by atoms with van der Waals surface area (Å²) in [4.78, 5) is 11.2. The Morgan fingerprint density at radius 1 is 1.00 bits per heavy atom. The van der Waals surface area contributed by atoms with Gasteiger partial charge in [-0.1, -0.05) is 54.6 Å². The maximum absolute atomic E-state index is 11.2. The number of aryl methyl sites for hydroxylation is 1. The van der Waals surface area contributed by atoms with E-state index in [1.165, 1.54) is 0 Å². The highest BCUT2D eigenvalue weighted by Gasteiger charge is 2.12. The molecule has 2 heteroatoms. The summed E-state index contributed by atoms with van der Waals surface area (Å²) in [5.41, 5.74) is 3.78. The van der Waals surface area contributed by atoms with Gasteiger partial charge in [-0.3, -0.25) is 0 Å². The minimum absolute atomic E-state index is 0.281. The van der Waals surface area contributed by atoms with Crippen LogP contribution in [-0.2, 0) is 0 Å². The monoisotopic (exact) mass is 238 g/mol. The van der Waals surface area contributed by atoms with Gasteiger partial charge in [0.1, 0.15) is 0 Å². The zero-order valence-corrected chi connectivity index (χ0v) is 10.2. The molecule has 0 aliphatic rings. The van der Waals surface area contributed by atoms with Crippen molar-refractivity contribution in [3.8, 4) is 0 Å². The minimum atomic E-state index is -0.932. The van der Waals surface area contributed by atoms with Gasteiger partial charge in [-0.25, -0.2) is 4.79 Å². The van der Waals surface area contributed by atoms with Crippen molar-refractivity contribution >= 4 is 11.5 Å². The Labute approximate surface area is 106 Å². The molecule has 0 radical (unpaired) electrons. The largest absolute Gasteiger partial charge is 0.478 e. The van der Waals surface area contributed by atoms with Gasteiger partial charge >= 0.3 is 5.97 Å². The highest BCUT2D eigenvalue weighted by Crippen LogP contribution is 2.24.